The van der Waals surface area contributed by atoms with Gasteiger partial charge < -0.3 is 20.1 Å². The van der Waals surface area contributed by atoms with Gasteiger partial charge in [0.15, 0.2) is 0 Å². The first-order valence-corrected chi connectivity index (χ1v) is 6.44. The highest BCUT2D eigenvalue weighted by Gasteiger charge is 2.59. The second-order valence-electron chi connectivity index (χ2n) is 3.60. The summed E-state index contributed by atoms with van der Waals surface area (Å²) in [4.78, 5) is 13.4. The molecule has 3 N–H and O–H groups in total. The summed E-state index contributed by atoms with van der Waals surface area (Å²) < 4.78 is 65.4. The Kier molecular flexibility index (Phi) is 6.55. The molecule has 15 heteroatoms. The summed E-state index contributed by atoms with van der Waals surface area (Å²) in [6, 6.07) is 0. The Labute approximate surface area is 120 Å². The number of aliphatic hydroxyl groups excluding tert-OH is 2. The van der Waals surface area contributed by atoms with Crippen LogP contribution in [-0.4, -0.2) is 66.9 Å². The molecular weight excluding hydrogens is 343 g/mol. The molecule has 0 unspecified atom stereocenters. The number of carbonyl (C=O) groups is 1. The molecule has 0 spiro atoms. The van der Waals surface area contributed by atoms with Crippen LogP contribution in [0.15, 0.2) is 5.11 Å². The topological polar surface area (TPSA) is 179 Å². The highest BCUT2D eigenvalue weighted by Crippen LogP contribution is 2.30. The first-order valence-electron chi connectivity index (χ1n) is 5.03. The maximum absolute atomic E-state index is 12.2. The maximum atomic E-state index is 12.2. The van der Waals surface area contributed by atoms with Crippen LogP contribution in [-0.2, 0) is 23.8 Å². The minimum absolute atomic E-state index is 0.531. The van der Waals surface area contributed by atoms with Crippen LogP contribution in [0.1, 0.15) is 0 Å². The van der Waals surface area contributed by atoms with Crippen LogP contribution in [0.2, 0.25) is 0 Å². The number of carbonyl (C=O) groups excluding carboxylic acids is 1. The van der Waals surface area contributed by atoms with Gasteiger partial charge in [0.25, 0.3) is 0 Å². The van der Waals surface area contributed by atoms with E-state index in [1.165, 1.54) is 0 Å². The number of ether oxygens (including phenoxy) is 1. The average Bonchev–Trinajstić information content (AvgIpc) is 2.40. The van der Waals surface area contributed by atoms with E-state index in [0.29, 0.717) is 7.11 Å². The van der Waals surface area contributed by atoms with Gasteiger partial charge in [-0.05, 0) is 5.53 Å². The van der Waals surface area contributed by atoms with Crippen molar-refractivity contribution in [2.45, 2.75) is 23.5 Å². The summed E-state index contributed by atoms with van der Waals surface area (Å²) in [6.07, 6.45) is -5.29. The average molecular weight is 353 g/mol. The van der Waals surface area contributed by atoms with E-state index < -0.39 is 46.1 Å². The standard InChI is InChI=1S/C7H10F3N3O8S/c1-20-5(16)6(17,4(15)3(14)2-12-13-11)21-22(18,19)7(8,9)10/h3-4,14-15,17H,2H2,1H3/t3-,4-,6-/m1/s1. The van der Waals surface area contributed by atoms with Crippen LogP contribution >= 0.6 is 0 Å². The van der Waals surface area contributed by atoms with Gasteiger partial charge in [-0.2, -0.15) is 21.6 Å². The largest absolute Gasteiger partial charge is 0.523 e. The van der Waals surface area contributed by atoms with Crippen molar-refractivity contribution in [2.75, 3.05) is 13.7 Å². The monoisotopic (exact) mass is 353 g/mol. The normalized spacial score (nSPS) is 17.8. The number of aliphatic hydroxyl groups is 3. The Hall–Kier alpha value is -1.64. The minimum atomic E-state index is -6.53. The van der Waals surface area contributed by atoms with Crippen molar-refractivity contribution in [3.8, 4) is 0 Å². The lowest BCUT2D eigenvalue weighted by molar-refractivity contribution is -0.242. The third kappa shape index (κ3) is 4.43. The van der Waals surface area contributed by atoms with Crippen LogP contribution in [0.3, 0.4) is 0 Å². The van der Waals surface area contributed by atoms with Crippen molar-refractivity contribution in [3.05, 3.63) is 10.4 Å². The SMILES string of the molecule is COC(=O)[C@](O)(OS(=O)(=O)C(F)(F)F)[C@H](O)[C@H](O)CN=[N+]=[N-]. The predicted molar refractivity (Wildman–Crippen MR) is 59.1 cm³/mol. The molecule has 0 aliphatic heterocycles. The maximum Gasteiger partial charge on any atom is 0.523 e. The van der Waals surface area contributed by atoms with E-state index in [2.05, 4.69) is 18.9 Å². The fraction of sp³-hybridized carbons (Fsp3) is 0.857. The lowest BCUT2D eigenvalue weighted by Crippen LogP contribution is -2.59. The molecule has 0 amide bonds. The molecule has 0 heterocycles. The van der Waals surface area contributed by atoms with E-state index >= 15 is 0 Å². The van der Waals surface area contributed by atoms with Gasteiger partial charge in [0.05, 0.1) is 19.8 Å². The highest BCUT2D eigenvalue weighted by molar-refractivity contribution is 7.87. The summed E-state index contributed by atoms with van der Waals surface area (Å²) in [6.45, 7) is -1.02. The Morgan fingerprint density at radius 1 is 1.41 bits per heavy atom. The summed E-state index contributed by atoms with van der Waals surface area (Å²) in [7, 11) is -6.00. The summed E-state index contributed by atoms with van der Waals surface area (Å²) >= 11 is 0. The molecule has 0 aromatic rings. The molecule has 128 valence electrons. The van der Waals surface area contributed by atoms with E-state index in [1.54, 1.807) is 0 Å². The fourth-order valence-electron chi connectivity index (χ4n) is 1.05. The molecule has 0 saturated heterocycles. The van der Waals surface area contributed by atoms with Crippen molar-refractivity contribution in [2.24, 2.45) is 5.11 Å². The molecular formula is C7H10F3N3O8S. The zero-order valence-electron chi connectivity index (χ0n) is 10.6. The molecule has 0 bridgehead atoms. The Bertz CT molecular complexity index is 560. The van der Waals surface area contributed by atoms with Crippen LogP contribution < -0.4 is 0 Å². The number of esters is 1. The number of rotatable bonds is 7. The van der Waals surface area contributed by atoms with Crippen molar-refractivity contribution in [1.82, 2.24) is 0 Å². The quantitative estimate of drug-likeness (QED) is 0.0965. The molecule has 0 fully saturated rings. The second-order valence-corrected chi connectivity index (χ2v) is 5.13. The van der Waals surface area contributed by atoms with Crippen molar-refractivity contribution in [3.63, 3.8) is 0 Å². The molecule has 22 heavy (non-hydrogen) atoms. The van der Waals surface area contributed by atoms with Gasteiger partial charge >= 0.3 is 27.4 Å². The van der Waals surface area contributed by atoms with E-state index in [4.69, 9.17) is 5.53 Å². The van der Waals surface area contributed by atoms with Crippen LogP contribution in [0.5, 0.6) is 0 Å². The second kappa shape index (κ2) is 7.08. The fourth-order valence-corrected chi connectivity index (χ4v) is 1.64. The third-order valence-corrected chi connectivity index (χ3v) is 3.14. The van der Waals surface area contributed by atoms with Crippen LogP contribution in [0, 0.1) is 0 Å². The lowest BCUT2D eigenvalue weighted by atomic mass is 10.0. The first-order chi connectivity index (χ1) is 9.83. The van der Waals surface area contributed by atoms with E-state index in [-0.39, 0.29) is 0 Å². The molecule has 0 radical (unpaired) electrons. The first kappa shape index (κ1) is 20.4. The van der Waals surface area contributed by atoms with Gasteiger partial charge in [0.1, 0.15) is 6.10 Å². The van der Waals surface area contributed by atoms with Gasteiger partial charge in [-0.1, -0.05) is 5.11 Å². The Morgan fingerprint density at radius 3 is 2.27 bits per heavy atom. The number of azide groups is 1. The smallest absolute Gasteiger partial charge is 0.465 e. The summed E-state index contributed by atoms with van der Waals surface area (Å²) in [5.41, 5.74) is 1.95. The van der Waals surface area contributed by atoms with Gasteiger partial charge in [0.2, 0.25) is 0 Å². The molecule has 0 aromatic heterocycles. The van der Waals surface area contributed by atoms with E-state index in [1.807, 2.05) is 0 Å². The molecule has 3 atom stereocenters. The number of methoxy groups -OCH3 is 1. The number of hydrogen-bond donors (Lipinski definition) is 3. The highest BCUT2D eigenvalue weighted by atomic mass is 32.2. The summed E-state index contributed by atoms with van der Waals surface area (Å²) in [5, 5.41) is 31.1. The molecule has 0 aromatic carbocycles. The minimum Gasteiger partial charge on any atom is -0.465 e. The predicted octanol–water partition coefficient (Wildman–Crippen LogP) is -1.25. The van der Waals surface area contributed by atoms with Gasteiger partial charge in [-0.25, -0.2) is 8.98 Å². The van der Waals surface area contributed by atoms with Crippen LogP contribution in [0.25, 0.3) is 10.4 Å². The molecule has 0 rings (SSSR count). The molecule has 0 aliphatic rings. The van der Waals surface area contributed by atoms with Crippen molar-refractivity contribution < 1.29 is 50.6 Å². The molecule has 0 saturated carbocycles. The Morgan fingerprint density at radius 2 is 1.91 bits per heavy atom. The number of nitrogens with zero attached hydrogens (tertiary/aromatic N) is 3. The number of halogens is 3. The van der Waals surface area contributed by atoms with Crippen LogP contribution in [0.4, 0.5) is 13.2 Å². The van der Waals surface area contributed by atoms with Gasteiger partial charge in [-0.15, -0.1) is 0 Å². The zero-order chi connectivity index (χ0) is 17.8. The number of alkyl halides is 3. The van der Waals surface area contributed by atoms with E-state index in [9.17, 15) is 41.7 Å². The van der Waals surface area contributed by atoms with Gasteiger partial charge in [-0.3, -0.25) is 0 Å². The van der Waals surface area contributed by atoms with E-state index in [0.717, 1.165) is 0 Å². The van der Waals surface area contributed by atoms with Gasteiger partial charge in [0, 0.05) is 4.91 Å². The number of hydrogen-bond acceptors (Lipinski definition) is 9. The Balaban J connectivity index is 5.70. The third-order valence-electron chi connectivity index (χ3n) is 2.10. The summed E-state index contributed by atoms with van der Waals surface area (Å²) in [5.74, 6) is -6.26. The molecule has 11 nitrogen and oxygen atoms in total. The zero-order valence-corrected chi connectivity index (χ0v) is 11.4. The lowest BCUT2D eigenvalue weighted by Gasteiger charge is -2.31. The van der Waals surface area contributed by atoms with Crippen molar-refractivity contribution in [1.29, 1.82) is 0 Å². The molecule has 0 aliphatic carbocycles. The van der Waals surface area contributed by atoms with Crippen molar-refractivity contribution >= 4 is 16.1 Å².